The van der Waals surface area contributed by atoms with Gasteiger partial charge in [-0.05, 0) is 0 Å². The maximum absolute atomic E-state index is 4.68. The molecule has 0 aromatic carbocycles. The van der Waals surface area contributed by atoms with Crippen LogP contribution in [0.2, 0.25) is 11.8 Å². The van der Waals surface area contributed by atoms with Crippen LogP contribution in [-0.4, -0.2) is 16.2 Å². The molecule has 0 aromatic heterocycles. The van der Waals surface area contributed by atoms with Crippen LogP contribution in [-0.2, 0) is 0 Å². The van der Waals surface area contributed by atoms with Crippen LogP contribution in [0, 0.1) is 0 Å². The minimum atomic E-state index is -2.13. The van der Waals surface area contributed by atoms with Gasteiger partial charge in [-0.1, -0.05) is 0 Å². The predicted octanol–water partition coefficient (Wildman–Crippen LogP) is 7.33. The molecule has 3 saturated carbocycles. The first-order valence-corrected chi connectivity index (χ1v) is 20.8. The van der Waals surface area contributed by atoms with E-state index in [0.29, 0.717) is 0 Å². The van der Waals surface area contributed by atoms with Crippen molar-refractivity contribution in [1.82, 2.24) is 0 Å². The molecule has 3 fully saturated rings. The summed E-state index contributed by atoms with van der Waals surface area (Å²) < 4.78 is 3.60. The van der Waals surface area contributed by atoms with E-state index in [1.807, 2.05) is 0 Å². The summed E-state index contributed by atoms with van der Waals surface area (Å²) in [6.45, 7) is 0. The van der Waals surface area contributed by atoms with Crippen molar-refractivity contribution >= 4 is 28.9 Å². The minimum absolute atomic E-state index is 1.20. The summed E-state index contributed by atoms with van der Waals surface area (Å²) in [6.07, 6.45) is 23.5. The van der Waals surface area contributed by atoms with Gasteiger partial charge in [-0.3, -0.25) is 0 Å². The molecule has 3 rings (SSSR count). The van der Waals surface area contributed by atoms with E-state index in [4.69, 9.17) is 0 Å². The Labute approximate surface area is 136 Å². The Hall–Kier alpha value is 1.28. The van der Waals surface area contributed by atoms with Gasteiger partial charge < -0.3 is 0 Å². The van der Waals surface area contributed by atoms with Gasteiger partial charge in [0, 0.05) is 0 Å². The van der Waals surface area contributed by atoms with E-state index < -0.39 is 16.2 Å². The van der Waals surface area contributed by atoms with Crippen LogP contribution in [0.4, 0.5) is 0 Å². The fourth-order valence-corrected chi connectivity index (χ4v) is 31.6. The third-order valence-electron chi connectivity index (χ3n) is 6.69. The van der Waals surface area contributed by atoms with Crippen molar-refractivity contribution in [1.29, 1.82) is 0 Å². The van der Waals surface area contributed by atoms with E-state index in [2.05, 4.69) is 12.7 Å². The fourth-order valence-electron chi connectivity index (χ4n) is 5.64. The Morgan fingerprint density at radius 2 is 0.700 bits per heavy atom. The molecule has 0 unspecified atom stereocenters. The van der Waals surface area contributed by atoms with E-state index in [-0.39, 0.29) is 0 Å². The molecule has 0 atom stereocenters. The molecular formula is C18H33BrSn. The van der Waals surface area contributed by atoms with E-state index >= 15 is 0 Å². The van der Waals surface area contributed by atoms with Gasteiger partial charge in [-0.25, -0.2) is 0 Å². The zero-order chi connectivity index (χ0) is 13.8. The first-order chi connectivity index (χ1) is 9.82. The van der Waals surface area contributed by atoms with Crippen LogP contribution < -0.4 is 0 Å². The monoisotopic (exact) mass is 448 g/mol. The molecule has 0 radical (unpaired) electrons. The van der Waals surface area contributed by atoms with Crippen molar-refractivity contribution in [3.8, 4) is 0 Å². The molecule has 0 aliphatic heterocycles. The Morgan fingerprint density at radius 3 is 0.950 bits per heavy atom. The van der Waals surface area contributed by atoms with Crippen molar-refractivity contribution < 1.29 is 0 Å². The van der Waals surface area contributed by atoms with Crippen LogP contribution in [0.3, 0.4) is 0 Å². The van der Waals surface area contributed by atoms with Crippen LogP contribution in [0.25, 0.3) is 0 Å². The molecule has 0 amide bonds. The fraction of sp³-hybridized carbons (Fsp3) is 1.00. The quantitative estimate of drug-likeness (QED) is 0.397. The number of rotatable bonds is 3. The van der Waals surface area contributed by atoms with Crippen LogP contribution >= 0.6 is 12.7 Å². The van der Waals surface area contributed by atoms with Gasteiger partial charge in [0.15, 0.2) is 0 Å². The molecule has 3 aliphatic carbocycles. The molecule has 0 bridgehead atoms. The molecule has 116 valence electrons. The summed E-state index contributed by atoms with van der Waals surface area (Å²) in [5, 5.41) is 0. The molecule has 0 aromatic rings. The van der Waals surface area contributed by atoms with Gasteiger partial charge in [0.25, 0.3) is 0 Å². The van der Waals surface area contributed by atoms with Crippen molar-refractivity contribution in [3.05, 3.63) is 0 Å². The number of hydrogen-bond acceptors (Lipinski definition) is 0. The summed E-state index contributed by atoms with van der Waals surface area (Å²) in [5.74, 6) is 0. The van der Waals surface area contributed by atoms with Gasteiger partial charge >= 0.3 is 137 Å². The molecular weight excluding hydrogens is 415 g/mol. The normalized spacial score (nSPS) is 28.6. The zero-order valence-electron chi connectivity index (χ0n) is 13.2. The Bertz CT molecular complexity index is 240. The standard InChI is InChI=1S/3C6H11.BrH.Sn/c3*1-2-4-6-5-3-1;;/h3*1H,2-6H2;1H;/q;;;;+1/p-1. The average Bonchev–Trinajstić information content (AvgIpc) is 2.56. The second-order valence-electron chi connectivity index (χ2n) is 7.83. The third-order valence-corrected chi connectivity index (χ3v) is 35.4. The van der Waals surface area contributed by atoms with Crippen molar-refractivity contribution in [2.45, 2.75) is 108 Å². The second-order valence-corrected chi connectivity index (χ2v) is 28.8. The van der Waals surface area contributed by atoms with E-state index in [1.165, 1.54) is 31.1 Å². The zero-order valence-corrected chi connectivity index (χ0v) is 17.7. The van der Waals surface area contributed by atoms with Crippen molar-refractivity contribution in [3.63, 3.8) is 0 Å². The van der Waals surface area contributed by atoms with E-state index in [0.717, 1.165) is 0 Å². The van der Waals surface area contributed by atoms with Crippen molar-refractivity contribution in [2.75, 3.05) is 0 Å². The first kappa shape index (κ1) is 16.1. The predicted molar refractivity (Wildman–Crippen MR) is 95.2 cm³/mol. The molecule has 0 saturated heterocycles. The maximum atomic E-state index is 4.68. The molecule has 0 N–H and O–H groups in total. The van der Waals surface area contributed by atoms with E-state index in [1.54, 1.807) is 77.0 Å². The SMILES string of the molecule is [Br][Sn]([CH]1CCCCC1)([CH]1CCCCC1)[CH]1CCCCC1. The number of hydrogen-bond donors (Lipinski definition) is 0. The molecule has 3 aliphatic rings. The van der Waals surface area contributed by atoms with Gasteiger partial charge in [-0.2, -0.15) is 0 Å². The van der Waals surface area contributed by atoms with Crippen molar-refractivity contribution in [2.24, 2.45) is 0 Å². The summed E-state index contributed by atoms with van der Waals surface area (Å²) in [4.78, 5) is 0. The molecule has 0 spiro atoms. The Balaban J connectivity index is 1.79. The summed E-state index contributed by atoms with van der Waals surface area (Å²) in [7, 11) is 0. The number of halogens is 1. The molecule has 0 heterocycles. The van der Waals surface area contributed by atoms with Gasteiger partial charge in [-0.15, -0.1) is 0 Å². The van der Waals surface area contributed by atoms with E-state index in [9.17, 15) is 0 Å². The molecule has 20 heavy (non-hydrogen) atoms. The molecule has 0 nitrogen and oxygen atoms in total. The van der Waals surface area contributed by atoms with Crippen LogP contribution in [0.1, 0.15) is 96.3 Å². The Morgan fingerprint density at radius 1 is 0.450 bits per heavy atom. The topological polar surface area (TPSA) is 0 Å². The third kappa shape index (κ3) is 3.44. The van der Waals surface area contributed by atoms with Gasteiger partial charge in [0.2, 0.25) is 0 Å². The summed E-state index contributed by atoms with van der Waals surface area (Å²) in [5.41, 5.74) is 0. The summed E-state index contributed by atoms with van der Waals surface area (Å²) in [6, 6.07) is 0. The first-order valence-electron chi connectivity index (χ1n) is 9.50. The Kier molecular flexibility index (Phi) is 6.22. The van der Waals surface area contributed by atoms with Crippen LogP contribution in [0.15, 0.2) is 0 Å². The van der Waals surface area contributed by atoms with Gasteiger partial charge in [0.05, 0.1) is 0 Å². The average molecular weight is 448 g/mol. The summed E-state index contributed by atoms with van der Waals surface area (Å²) >= 11 is 2.55. The van der Waals surface area contributed by atoms with Crippen LogP contribution in [0.5, 0.6) is 0 Å². The molecule has 2 heteroatoms. The van der Waals surface area contributed by atoms with Gasteiger partial charge in [0.1, 0.15) is 0 Å². The second kappa shape index (κ2) is 7.70.